The topological polar surface area (TPSA) is 274 Å². The van der Waals surface area contributed by atoms with E-state index in [1.807, 2.05) is 56.3 Å². The highest BCUT2D eigenvalue weighted by atomic mass is 16.6. The molecule has 20 heteroatoms. The lowest BCUT2D eigenvalue weighted by Crippen LogP contribution is -2.24. The van der Waals surface area contributed by atoms with E-state index in [1.165, 1.54) is 43.4 Å². The van der Waals surface area contributed by atoms with Crippen LogP contribution in [0.5, 0.6) is 34.5 Å². The second-order valence-corrected chi connectivity index (χ2v) is 15.7. The van der Waals surface area contributed by atoms with Gasteiger partial charge in [0.2, 0.25) is 0 Å². The van der Waals surface area contributed by atoms with Crippen molar-refractivity contribution in [2.75, 3.05) is 27.3 Å². The van der Waals surface area contributed by atoms with Crippen LogP contribution in [0.3, 0.4) is 0 Å². The van der Waals surface area contributed by atoms with Crippen molar-refractivity contribution < 1.29 is 67.7 Å². The van der Waals surface area contributed by atoms with Gasteiger partial charge in [0.1, 0.15) is 67.2 Å². The number of nitro benzene ring substituents is 2. The number of nitrogens with zero attached hydrogens (tertiary/aromatic N) is 2. The molecule has 4 N–H and O–H groups in total. The molecule has 0 aliphatic carbocycles. The molecule has 0 bridgehead atoms. The molecule has 6 rings (SSSR count). The largest absolute Gasteiger partial charge is 0.489 e. The number of nitrogens with one attached hydrogen (secondary N) is 2. The van der Waals surface area contributed by atoms with E-state index in [2.05, 4.69) is 10.6 Å². The van der Waals surface area contributed by atoms with Crippen molar-refractivity contribution in [2.24, 2.45) is 0 Å². The number of likely N-dealkylation sites (N-methyl/N-ethyl adjacent to an activating group) is 2. The summed E-state index contributed by atoms with van der Waals surface area (Å²) < 4.78 is 34.5. The molecule has 6 aromatic rings. The Bertz CT molecular complexity index is 2910. The smallest absolute Gasteiger partial charge is 0.280 e. The number of carbonyl (C=O) groups is 4. The van der Waals surface area contributed by atoms with Gasteiger partial charge in [0.25, 0.3) is 23.2 Å². The number of ether oxygens (including phenoxy) is 6. The van der Waals surface area contributed by atoms with Gasteiger partial charge in [-0.2, -0.15) is 0 Å². The number of nitro groups is 2. The van der Waals surface area contributed by atoms with Crippen LogP contribution in [0, 0.1) is 34.1 Å². The first-order chi connectivity index (χ1) is 34.6. The van der Waals surface area contributed by atoms with E-state index in [1.54, 1.807) is 37.4 Å². The lowest BCUT2D eigenvalue weighted by Gasteiger charge is -2.14. The molecule has 72 heavy (non-hydrogen) atoms. The maximum atomic E-state index is 11.6. The van der Waals surface area contributed by atoms with E-state index in [4.69, 9.17) is 28.4 Å². The number of hydrogen-bond acceptors (Lipinski definition) is 16. The molecule has 376 valence electrons. The highest BCUT2D eigenvalue weighted by Gasteiger charge is 2.17. The van der Waals surface area contributed by atoms with E-state index in [0.717, 1.165) is 34.1 Å². The summed E-state index contributed by atoms with van der Waals surface area (Å²) in [5, 5.41) is 45.9. The van der Waals surface area contributed by atoms with Gasteiger partial charge < -0.3 is 49.3 Å². The van der Waals surface area contributed by atoms with Crippen LogP contribution >= 0.6 is 0 Å². The molecule has 20 nitrogen and oxygen atoms in total. The molecule has 0 radical (unpaired) electrons. The number of rotatable bonds is 24. The van der Waals surface area contributed by atoms with Crippen LogP contribution < -0.4 is 39.1 Å². The quantitative estimate of drug-likeness (QED) is 0.0270. The maximum absolute atomic E-state index is 11.6. The average Bonchev–Trinajstić information content (AvgIpc) is 3.39. The molecule has 0 spiro atoms. The summed E-state index contributed by atoms with van der Waals surface area (Å²) in [6.07, 6.45) is 1.19. The molecule has 0 atom stereocenters. The summed E-state index contributed by atoms with van der Waals surface area (Å²) in [4.78, 5) is 66.3. The number of benzene rings is 6. The van der Waals surface area contributed by atoms with E-state index in [0.29, 0.717) is 51.7 Å². The Hall–Kier alpha value is -8.88. The Kier molecular flexibility index (Phi) is 20.1. The van der Waals surface area contributed by atoms with Gasteiger partial charge in [-0.1, -0.05) is 6.07 Å². The Morgan fingerprint density at radius 3 is 1.29 bits per heavy atom. The number of aliphatic hydroxyl groups excluding tert-OH is 2. The van der Waals surface area contributed by atoms with Gasteiger partial charge >= 0.3 is 0 Å². The molecule has 0 saturated heterocycles. The van der Waals surface area contributed by atoms with Gasteiger partial charge in [0.05, 0.1) is 34.2 Å². The normalized spacial score (nSPS) is 10.4. The summed E-state index contributed by atoms with van der Waals surface area (Å²) in [5.74, 6) is 2.15. The first-order valence-electron chi connectivity index (χ1n) is 22.0. The molecular formula is C52H52N4O16. The Labute approximate surface area is 413 Å². The van der Waals surface area contributed by atoms with E-state index in [-0.39, 0.29) is 86.3 Å². The summed E-state index contributed by atoms with van der Waals surface area (Å²) in [7, 11) is 3.02. The molecule has 0 aromatic heterocycles. The van der Waals surface area contributed by atoms with Crippen LogP contribution in [0.25, 0.3) is 0 Å². The van der Waals surface area contributed by atoms with E-state index in [9.17, 15) is 49.6 Å². The Balaban J connectivity index is 0.000000269. The molecule has 0 heterocycles. The highest BCUT2D eigenvalue weighted by molar-refractivity contribution is 5.82. The number of aldehydes is 2. The van der Waals surface area contributed by atoms with Crippen molar-refractivity contribution in [1.82, 2.24) is 10.6 Å². The Morgan fingerprint density at radius 2 is 0.889 bits per heavy atom. The zero-order valence-corrected chi connectivity index (χ0v) is 39.7. The van der Waals surface area contributed by atoms with E-state index < -0.39 is 16.5 Å². The first kappa shape index (κ1) is 54.1. The van der Waals surface area contributed by atoms with Crippen molar-refractivity contribution in [3.05, 3.63) is 185 Å². The third kappa shape index (κ3) is 16.1. The van der Waals surface area contributed by atoms with Gasteiger partial charge in [0.15, 0.2) is 19.5 Å². The minimum atomic E-state index is -0.665. The fourth-order valence-corrected chi connectivity index (χ4v) is 6.71. The lowest BCUT2D eigenvalue weighted by atomic mass is 10.1. The molecule has 0 saturated carbocycles. The molecular weight excluding hydrogens is 937 g/mol. The number of aryl methyl sites for hydroxylation is 2. The van der Waals surface area contributed by atoms with E-state index >= 15 is 0 Å². The molecule has 0 fully saturated rings. The number of aliphatic hydroxyl groups is 2. The molecule has 6 aromatic carbocycles. The zero-order valence-electron chi connectivity index (χ0n) is 39.7. The lowest BCUT2D eigenvalue weighted by molar-refractivity contribution is -0.385. The second-order valence-electron chi connectivity index (χ2n) is 15.7. The van der Waals surface area contributed by atoms with Crippen LogP contribution in [0.1, 0.15) is 65.2 Å². The van der Waals surface area contributed by atoms with Crippen LogP contribution in [0.15, 0.2) is 109 Å². The van der Waals surface area contributed by atoms with Crippen molar-refractivity contribution in [3.63, 3.8) is 0 Å². The monoisotopic (exact) mass is 988 g/mol. The molecule has 2 amide bonds. The predicted molar refractivity (Wildman–Crippen MR) is 261 cm³/mol. The zero-order chi connectivity index (χ0) is 52.2. The number of carbonyl (C=O) groups excluding carboxylic acids is 4. The summed E-state index contributed by atoms with van der Waals surface area (Å²) >= 11 is 0. The van der Waals surface area contributed by atoms with Crippen molar-refractivity contribution >= 4 is 35.8 Å². The Morgan fingerprint density at radius 1 is 0.486 bits per heavy atom. The third-order valence-electron chi connectivity index (χ3n) is 10.6. The highest BCUT2D eigenvalue weighted by Crippen LogP contribution is 2.28. The average molecular weight is 989 g/mol. The minimum absolute atomic E-state index is 0.00747. The number of amides is 2. The van der Waals surface area contributed by atoms with Crippen molar-refractivity contribution in [2.45, 2.75) is 53.5 Å². The van der Waals surface area contributed by atoms with Gasteiger partial charge in [-0.15, -0.1) is 0 Å². The fraction of sp³-hybridized carbons (Fsp3) is 0.231. The summed E-state index contributed by atoms with van der Waals surface area (Å²) in [5.41, 5.74) is 5.58. The summed E-state index contributed by atoms with van der Waals surface area (Å²) in [6.45, 7) is 3.45. The fourth-order valence-electron chi connectivity index (χ4n) is 6.71. The number of hydrogen-bond donors (Lipinski definition) is 4. The van der Waals surface area contributed by atoms with Crippen LogP contribution in [0.2, 0.25) is 0 Å². The molecule has 0 unspecified atom stereocenters. The molecule has 0 aliphatic rings. The van der Waals surface area contributed by atoms with Crippen molar-refractivity contribution in [3.8, 4) is 34.5 Å². The van der Waals surface area contributed by atoms with Gasteiger partial charge in [0, 0.05) is 31.8 Å². The summed E-state index contributed by atoms with van der Waals surface area (Å²) in [6, 6.07) is 29.3. The second kappa shape index (κ2) is 26.8. The third-order valence-corrected chi connectivity index (χ3v) is 10.6. The van der Waals surface area contributed by atoms with Crippen molar-refractivity contribution in [1.29, 1.82) is 0 Å². The van der Waals surface area contributed by atoms with Gasteiger partial charge in [-0.25, -0.2) is 0 Å². The molecule has 0 aliphatic heterocycles. The maximum Gasteiger partial charge on any atom is 0.280 e. The SMILES string of the molecule is CNC(=O)COc1cc(COc2ccc(C=O)c(C)c2)cc(COc2ccc(CO)c(C)c2)c1.CNC(=O)COc1cc(COc2ccc([N+](=O)[O-])c(C=O)c2)cc(COc2ccc([N+](=O)[O-])c(CO)c2)c1. The standard InChI is InChI=1S/C27H29NO6.C25H23N3O10/c1-18-8-24(6-4-22(18)13-29)32-15-20-10-21(12-26(11-20)34-17-27(31)28-3)16-33-25-7-5-23(14-30)19(2)9-25;1-26-25(31)15-38-22-7-16(13-36-20-2-4-23(27(32)33)18(9-20)11-29)6-17(8-22)14-37-21-3-5-24(28(34)35)19(10-21)12-30/h4-13,30H,14-17H2,1-3H3,(H,28,31);2-11,30H,12-15H2,1H3,(H,26,31). The van der Waals surface area contributed by atoms with Gasteiger partial charge in [-0.05, 0) is 144 Å². The predicted octanol–water partition coefficient (Wildman–Crippen LogP) is 6.98. The van der Waals surface area contributed by atoms with Crippen LogP contribution in [-0.4, -0.2) is 71.8 Å². The van der Waals surface area contributed by atoms with Gasteiger partial charge in [-0.3, -0.25) is 39.4 Å². The van der Waals surface area contributed by atoms with Crippen LogP contribution in [-0.2, 0) is 49.2 Å². The van der Waals surface area contributed by atoms with Crippen LogP contribution in [0.4, 0.5) is 11.4 Å². The minimum Gasteiger partial charge on any atom is -0.489 e. The first-order valence-corrected chi connectivity index (χ1v) is 22.0.